The van der Waals surface area contributed by atoms with Gasteiger partial charge in [0.05, 0.1) is 6.61 Å². The average molecular weight is 264 g/mol. The molecule has 1 amide bonds. The van der Waals surface area contributed by atoms with E-state index < -0.39 is 0 Å². The van der Waals surface area contributed by atoms with Crippen LogP contribution in [0.25, 0.3) is 0 Å². The minimum absolute atomic E-state index is 0.131. The van der Waals surface area contributed by atoms with Gasteiger partial charge < -0.3 is 15.4 Å². The van der Waals surface area contributed by atoms with Crippen molar-refractivity contribution in [3.05, 3.63) is 29.8 Å². The molecule has 0 radical (unpaired) electrons. The van der Waals surface area contributed by atoms with Crippen molar-refractivity contribution in [1.29, 1.82) is 0 Å². The van der Waals surface area contributed by atoms with Crippen LogP contribution in [-0.4, -0.2) is 31.0 Å². The Hall–Kier alpha value is -1.55. The van der Waals surface area contributed by atoms with E-state index in [-0.39, 0.29) is 11.8 Å². The van der Waals surface area contributed by atoms with E-state index >= 15 is 0 Å². The molecule has 106 valence electrons. The molecule has 2 N–H and O–H groups in total. The van der Waals surface area contributed by atoms with E-state index in [1.54, 1.807) is 4.90 Å². The van der Waals surface area contributed by atoms with Gasteiger partial charge in [0.15, 0.2) is 0 Å². The van der Waals surface area contributed by atoms with Crippen LogP contribution in [0.3, 0.4) is 0 Å². The molecule has 1 rings (SSSR count). The highest BCUT2D eigenvalue weighted by Crippen LogP contribution is 2.14. The second-order valence-corrected chi connectivity index (χ2v) is 4.87. The summed E-state index contributed by atoms with van der Waals surface area (Å²) in [5.41, 5.74) is 6.63. The summed E-state index contributed by atoms with van der Waals surface area (Å²) in [6.45, 7) is 5.77. The van der Waals surface area contributed by atoms with E-state index in [4.69, 9.17) is 10.5 Å². The zero-order valence-electron chi connectivity index (χ0n) is 12.1. The third kappa shape index (κ3) is 5.30. The van der Waals surface area contributed by atoms with Crippen molar-refractivity contribution in [2.45, 2.75) is 26.8 Å². The number of hydrogen-bond donors (Lipinski definition) is 1. The molecule has 0 aliphatic heterocycles. The second-order valence-electron chi connectivity index (χ2n) is 4.87. The minimum atomic E-state index is 0.131. The first-order valence-corrected chi connectivity index (χ1v) is 6.72. The van der Waals surface area contributed by atoms with Crippen LogP contribution in [0.2, 0.25) is 0 Å². The lowest BCUT2D eigenvalue weighted by Crippen LogP contribution is -2.29. The number of carbonyl (C=O) groups is 1. The number of nitrogens with two attached hydrogens (primary N) is 1. The molecular weight excluding hydrogens is 240 g/mol. The summed E-state index contributed by atoms with van der Waals surface area (Å²) < 4.78 is 5.39. The quantitative estimate of drug-likeness (QED) is 0.820. The number of carbonyl (C=O) groups excluding carboxylic acids is 1. The Balaban J connectivity index is 2.51. The Labute approximate surface area is 115 Å². The molecule has 0 aliphatic carbocycles. The zero-order valence-corrected chi connectivity index (χ0v) is 12.1. The number of amides is 1. The number of nitrogens with zero attached hydrogens (tertiary/aromatic N) is 1. The van der Waals surface area contributed by atoms with Crippen molar-refractivity contribution in [1.82, 2.24) is 4.90 Å². The smallest absolute Gasteiger partial charge is 0.222 e. The molecule has 0 bridgehead atoms. The molecular formula is C15H24N2O2. The van der Waals surface area contributed by atoms with Gasteiger partial charge in [-0.1, -0.05) is 19.1 Å². The molecule has 1 aromatic carbocycles. The van der Waals surface area contributed by atoms with Crippen LogP contribution in [-0.2, 0) is 11.3 Å². The number of rotatable bonds is 7. The standard InChI is InChI=1S/C15H24N2O2/c1-4-19-14-7-5-13(6-8-14)11-17(3)15(18)9-12(2)10-16/h5-8,12H,4,9-11,16H2,1-3H3. The Morgan fingerprint density at radius 3 is 2.53 bits per heavy atom. The van der Waals surface area contributed by atoms with Crippen molar-refractivity contribution in [3.8, 4) is 5.75 Å². The summed E-state index contributed by atoms with van der Waals surface area (Å²) in [6, 6.07) is 7.83. The molecule has 1 atom stereocenters. The predicted octanol–water partition coefficient (Wildman–Crippen LogP) is 2.03. The van der Waals surface area contributed by atoms with E-state index in [0.29, 0.717) is 26.1 Å². The van der Waals surface area contributed by atoms with Crippen LogP contribution in [0.15, 0.2) is 24.3 Å². The van der Waals surface area contributed by atoms with Crippen molar-refractivity contribution in [3.63, 3.8) is 0 Å². The Morgan fingerprint density at radius 2 is 2.00 bits per heavy atom. The highest BCUT2D eigenvalue weighted by molar-refractivity contribution is 5.76. The molecule has 0 aliphatic rings. The SMILES string of the molecule is CCOc1ccc(CN(C)C(=O)CC(C)CN)cc1. The lowest BCUT2D eigenvalue weighted by molar-refractivity contribution is -0.131. The molecule has 0 spiro atoms. The van der Waals surface area contributed by atoms with Crippen molar-refractivity contribution in [2.24, 2.45) is 11.7 Å². The van der Waals surface area contributed by atoms with Gasteiger partial charge in [0.2, 0.25) is 5.91 Å². The van der Waals surface area contributed by atoms with Gasteiger partial charge in [-0.2, -0.15) is 0 Å². The largest absolute Gasteiger partial charge is 0.494 e. The molecule has 0 saturated carbocycles. The van der Waals surface area contributed by atoms with Gasteiger partial charge in [-0.15, -0.1) is 0 Å². The fourth-order valence-electron chi connectivity index (χ4n) is 1.76. The maximum absolute atomic E-state index is 11.9. The van der Waals surface area contributed by atoms with E-state index in [2.05, 4.69) is 0 Å². The van der Waals surface area contributed by atoms with Crippen molar-refractivity contribution >= 4 is 5.91 Å². The van der Waals surface area contributed by atoms with Crippen LogP contribution in [0.4, 0.5) is 0 Å². The maximum atomic E-state index is 11.9. The Morgan fingerprint density at radius 1 is 1.37 bits per heavy atom. The number of benzene rings is 1. The first-order valence-electron chi connectivity index (χ1n) is 6.72. The second kappa shape index (κ2) is 7.79. The molecule has 19 heavy (non-hydrogen) atoms. The topological polar surface area (TPSA) is 55.6 Å². The van der Waals surface area contributed by atoms with Crippen molar-refractivity contribution in [2.75, 3.05) is 20.2 Å². The molecule has 0 saturated heterocycles. The summed E-state index contributed by atoms with van der Waals surface area (Å²) in [5.74, 6) is 1.22. The van der Waals surface area contributed by atoms with Crippen molar-refractivity contribution < 1.29 is 9.53 Å². The van der Waals surface area contributed by atoms with Gasteiger partial charge in [-0.3, -0.25) is 4.79 Å². The molecule has 1 aromatic rings. The van der Waals surface area contributed by atoms with Gasteiger partial charge in [0, 0.05) is 20.0 Å². The fourth-order valence-corrected chi connectivity index (χ4v) is 1.76. The van der Waals surface area contributed by atoms with Crippen LogP contribution in [0.1, 0.15) is 25.8 Å². The predicted molar refractivity (Wildman–Crippen MR) is 76.9 cm³/mol. The third-order valence-electron chi connectivity index (χ3n) is 3.01. The van der Waals surface area contributed by atoms with E-state index in [9.17, 15) is 4.79 Å². The average Bonchev–Trinajstić information content (AvgIpc) is 2.41. The maximum Gasteiger partial charge on any atom is 0.222 e. The fraction of sp³-hybridized carbons (Fsp3) is 0.533. The third-order valence-corrected chi connectivity index (χ3v) is 3.01. The van der Waals surface area contributed by atoms with E-state index in [1.807, 2.05) is 45.2 Å². The monoisotopic (exact) mass is 264 g/mol. The minimum Gasteiger partial charge on any atom is -0.494 e. The number of hydrogen-bond acceptors (Lipinski definition) is 3. The zero-order chi connectivity index (χ0) is 14.3. The summed E-state index contributed by atoms with van der Waals surface area (Å²) in [6.07, 6.45) is 0.504. The lowest BCUT2D eigenvalue weighted by Gasteiger charge is -2.19. The van der Waals surface area contributed by atoms with Crippen LogP contribution < -0.4 is 10.5 Å². The molecule has 4 heteroatoms. The highest BCUT2D eigenvalue weighted by Gasteiger charge is 2.12. The first-order chi connectivity index (χ1) is 9.06. The molecule has 0 aromatic heterocycles. The summed E-state index contributed by atoms with van der Waals surface area (Å²) in [4.78, 5) is 13.7. The lowest BCUT2D eigenvalue weighted by atomic mass is 10.1. The van der Waals surface area contributed by atoms with Gasteiger partial charge in [-0.25, -0.2) is 0 Å². The molecule has 0 heterocycles. The summed E-state index contributed by atoms with van der Waals surface area (Å²) >= 11 is 0. The Bertz CT molecular complexity index is 390. The summed E-state index contributed by atoms with van der Waals surface area (Å²) in [7, 11) is 1.82. The molecule has 1 unspecified atom stereocenters. The van der Waals surface area contributed by atoms with Crippen LogP contribution in [0.5, 0.6) is 5.75 Å². The van der Waals surface area contributed by atoms with Gasteiger partial charge in [0.25, 0.3) is 0 Å². The summed E-state index contributed by atoms with van der Waals surface area (Å²) in [5, 5.41) is 0. The van der Waals surface area contributed by atoms with Crippen LogP contribution in [0, 0.1) is 5.92 Å². The molecule has 0 fully saturated rings. The van der Waals surface area contributed by atoms with E-state index in [1.165, 1.54) is 0 Å². The molecule has 4 nitrogen and oxygen atoms in total. The Kier molecular flexibility index (Phi) is 6.36. The van der Waals surface area contributed by atoms with Crippen LogP contribution >= 0.6 is 0 Å². The van der Waals surface area contributed by atoms with Gasteiger partial charge in [0.1, 0.15) is 5.75 Å². The number of ether oxygens (including phenoxy) is 1. The van der Waals surface area contributed by atoms with Gasteiger partial charge in [-0.05, 0) is 37.1 Å². The van der Waals surface area contributed by atoms with Gasteiger partial charge >= 0.3 is 0 Å². The normalized spacial score (nSPS) is 12.0. The van der Waals surface area contributed by atoms with E-state index in [0.717, 1.165) is 11.3 Å². The first kappa shape index (κ1) is 15.5. The highest BCUT2D eigenvalue weighted by atomic mass is 16.5.